The third-order valence-electron chi connectivity index (χ3n) is 2.89. The van der Waals surface area contributed by atoms with Gasteiger partial charge in [0.05, 0.1) is 0 Å². The van der Waals surface area contributed by atoms with Crippen LogP contribution in [0.25, 0.3) is 0 Å². The van der Waals surface area contributed by atoms with Gasteiger partial charge in [0.2, 0.25) is 0 Å². The van der Waals surface area contributed by atoms with Crippen LogP contribution in [0.1, 0.15) is 25.7 Å². The van der Waals surface area contributed by atoms with Gasteiger partial charge in [0.25, 0.3) is 0 Å². The molecule has 1 unspecified atom stereocenters. The molecule has 1 saturated heterocycles. The van der Waals surface area contributed by atoms with Crippen LogP contribution in [0.3, 0.4) is 0 Å². The summed E-state index contributed by atoms with van der Waals surface area (Å²) in [5.41, 5.74) is 0.0972. The molecule has 0 bridgehead atoms. The number of carbonyl (C=O) groups excluding carboxylic acids is 1. The van der Waals surface area contributed by atoms with Gasteiger partial charge in [-0.3, -0.25) is 4.79 Å². The molecule has 2 fully saturated rings. The molecule has 1 aliphatic heterocycles. The molecule has 2 nitrogen and oxygen atoms in total. The Balaban J connectivity index is 0.000000605. The molecule has 0 amide bonds. The van der Waals surface area contributed by atoms with Gasteiger partial charge in [-0.15, -0.1) is 12.4 Å². The Labute approximate surface area is 73.1 Å². The van der Waals surface area contributed by atoms with E-state index < -0.39 is 0 Å². The number of hydrogen-bond donors (Lipinski definition) is 1. The predicted octanol–water partition coefficient (Wildman–Crippen LogP) is 1.14. The summed E-state index contributed by atoms with van der Waals surface area (Å²) in [6, 6.07) is 0. The lowest BCUT2D eigenvalue weighted by molar-refractivity contribution is -0.124. The first-order valence-corrected chi connectivity index (χ1v) is 4.08. The summed E-state index contributed by atoms with van der Waals surface area (Å²) in [5.74, 6) is 0.512. The molecule has 1 saturated carbocycles. The standard InChI is InChI=1S/C8H13NO.ClH/c10-7-2-1-3-8(7)4-5-9-6-8;/h9H,1-6H2;1H. The molecule has 1 N–H and O–H groups in total. The molecule has 2 rings (SSSR count). The van der Waals surface area contributed by atoms with Crippen LogP contribution in [-0.2, 0) is 4.79 Å². The number of Topliss-reactive ketones (excluding diaryl/α,β-unsaturated/α-hetero) is 1. The van der Waals surface area contributed by atoms with Crippen molar-refractivity contribution in [3.63, 3.8) is 0 Å². The molecule has 3 heteroatoms. The van der Waals surface area contributed by atoms with Crippen LogP contribution in [0.15, 0.2) is 0 Å². The highest BCUT2D eigenvalue weighted by atomic mass is 35.5. The monoisotopic (exact) mass is 175 g/mol. The highest BCUT2D eigenvalue weighted by Gasteiger charge is 2.43. The van der Waals surface area contributed by atoms with Gasteiger partial charge in [-0.2, -0.15) is 0 Å². The molecule has 0 aromatic carbocycles. The van der Waals surface area contributed by atoms with Crippen molar-refractivity contribution >= 4 is 18.2 Å². The van der Waals surface area contributed by atoms with Crippen molar-refractivity contribution in [3.05, 3.63) is 0 Å². The zero-order chi connectivity index (χ0) is 7.03. The fraction of sp³-hybridized carbons (Fsp3) is 0.875. The Kier molecular flexibility index (Phi) is 2.55. The zero-order valence-corrected chi connectivity index (χ0v) is 7.38. The molecule has 11 heavy (non-hydrogen) atoms. The summed E-state index contributed by atoms with van der Waals surface area (Å²) in [4.78, 5) is 11.4. The van der Waals surface area contributed by atoms with E-state index in [4.69, 9.17) is 0 Å². The first kappa shape index (κ1) is 9.01. The number of rotatable bonds is 0. The number of ketones is 1. The molecule has 1 aliphatic carbocycles. The molecule has 2 aliphatic rings. The number of hydrogen-bond acceptors (Lipinski definition) is 2. The maximum absolute atomic E-state index is 11.4. The van der Waals surface area contributed by atoms with Crippen LogP contribution in [-0.4, -0.2) is 18.9 Å². The van der Waals surface area contributed by atoms with E-state index in [2.05, 4.69) is 5.32 Å². The van der Waals surface area contributed by atoms with Crippen molar-refractivity contribution in [1.82, 2.24) is 5.32 Å². The van der Waals surface area contributed by atoms with E-state index in [9.17, 15) is 4.79 Å². The quantitative estimate of drug-likeness (QED) is 0.599. The third-order valence-corrected chi connectivity index (χ3v) is 2.89. The summed E-state index contributed by atoms with van der Waals surface area (Å²) in [7, 11) is 0. The smallest absolute Gasteiger partial charge is 0.140 e. The normalized spacial score (nSPS) is 36.2. The predicted molar refractivity (Wildman–Crippen MR) is 46.0 cm³/mol. The van der Waals surface area contributed by atoms with Gasteiger partial charge in [0, 0.05) is 18.4 Å². The maximum Gasteiger partial charge on any atom is 0.140 e. The summed E-state index contributed by atoms with van der Waals surface area (Å²) in [6.45, 7) is 2.00. The summed E-state index contributed by atoms with van der Waals surface area (Å²) < 4.78 is 0. The van der Waals surface area contributed by atoms with Crippen molar-refractivity contribution in [1.29, 1.82) is 0 Å². The highest BCUT2D eigenvalue weighted by Crippen LogP contribution is 2.39. The van der Waals surface area contributed by atoms with Gasteiger partial charge < -0.3 is 5.32 Å². The molecule has 0 radical (unpaired) electrons. The van der Waals surface area contributed by atoms with Crippen LogP contribution in [0.2, 0.25) is 0 Å². The van der Waals surface area contributed by atoms with E-state index in [0.29, 0.717) is 5.78 Å². The molecule has 1 spiro atoms. The van der Waals surface area contributed by atoms with Gasteiger partial charge in [-0.1, -0.05) is 0 Å². The van der Waals surface area contributed by atoms with Gasteiger partial charge in [0.1, 0.15) is 5.78 Å². The second-order valence-corrected chi connectivity index (χ2v) is 3.48. The lowest BCUT2D eigenvalue weighted by Crippen LogP contribution is -2.27. The molecular formula is C8H14ClNO. The van der Waals surface area contributed by atoms with Crippen molar-refractivity contribution < 1.29 is 4.79 Å². The minimum atomic E-state index is 0. The largest absolute Gasteiger partial charge is 0.316 e. The minimum absolute atomic E-state index is 0. The molecular weight excluding hydrogens is 162 g/mol. The lowest BCUT2D eigenvalue weighted by atomic mass is 9.85. The van der Waals surface area contributed by atoms with E-state index in [1.807, 2.05) is 0 Å². The maximum atomic E-state index is 11.4. The molecule has 64 valence electrons. The van der Waals surface area contributed by atoms with Crippen molar-refractivity contribution in [2.45, 2.75) is 25.7 Å². The van der Waals surface area contributed by atoms with Crippen molar-refractivity contribution in [2.75, 3.05) is 13.1 Å². The Morgan fingerprint density at radius 2 is 2.18 bits per heavy atom. The van der Waals surface area contributed by atoms with Crippen molar-refractivity contribution in [2.24, 2.45) is 5.41 Å². The van der Waals surface area contributed by atoms with E-state index >= 15 is 0 Å². The topological polar surface area (TPSA) is 29.1 Å². The second-order valence-electron chi connectivity index (χ2n) is 3.48. The summed E-state index contributed by atoms with van der Waals surface area (Å²) in [5, 5.41) is 3.26. The van der Waals surface area contributed by atoms with Crippen molar-refractivity contribution in [3.8, 4) is 0 Å². The van der Waals surface area contributed by atoms with Crippen LogP contribution in [0, 0.1) is 5.41 Å². The highest BCUT2D eigenvalue weighted by molar-refractivity contribution is 5.87. The van der Waals surface area contributed by atoms with Gasteiger partial charge in [-0.25, -0.2) is 0 Å². The lowest BCUT2D eigenvalue weighted by Gasteiger charge is -2.17. The van der Waals surface area contributed by atoms with Crippen LogP contribution in [0.4, 0.5) is 0 Å². The Morgan fingerprint density at radius 3 is 2.64 bits per heavy atom. The minimum Gasteiger partial charge on any atom is -0.316 e. The van der Waals surface area contributed by atoms with E-state index in [0.717, 1.165) is 38.8 Å². The molecule has 0 aromatic rings. The Hall–Kier alpha value is -0.0800. The fourth-order valence-corrected chi connectivity index (χ4v) is 2.19. The van der Waals surface area contributed by atoms with Crippen LogP contribution >= 0.6 is 12.4 Å². The average molecular weight is 176 g/mol. The number of halogens is 1. The molecule has 0 aromatic heterocycles. The van der Waals surface area contributed by atoms with E-state index in [1.54, 1.807) is 0 Å². The number of carbonyl (C=O) groups is 1. The molecule has 1 atom stereocenters. The van der Waals surface area contributed by atoms with Gasteiger partial charge >= 0.3 is 0 Å². The van der Waals surface area contributed by atoms with E-state index in [1.165, 1.54) is 0 Å². The summed E-state index contributed by atoms with van der Waals surface area (Å²) >= 11 is 0. The third kappa shape index (κ3) is 1.30. The second kappa shape index (κ2) is 3.11. The van der Waals surface area contributed by atoms with Crippen LogP contribution < -0.4 is 5.32 Å². The first-order valence-electron chi connectivity index (χ1n) is 4.08. The first-order chi connectivity index (χ1) is 4.83. The fourth-order valence-electron chi connectivity index (χ4n) is 2.19. The number of nitrogens with one attached hydrogen (secondary N) is 1. The Bertz CT molecular complexity index is 158. The Morgan fingerprint density at radius 1 is 1.36 bits per heavy atom. The summed E-state index contributed by atoms with van der Waals surface area (Å²) in [6.07, 6.45) is 4.19. The van der Waals surface area contributed by atoms with E-state index in [-0.39, 0.29) is 17.8 Å². The van der Waals surface area contributed by atoms with Gasteiger partial charge in [0.15, 0.2) is 0 Å². The van der Waals surface area contributed by atoms with Crippen LogP contribution in [0.5, 0.6) is 0 Å². The molecule has 1 heterocycles. The SMILES string of the molecule is Cl.O=C1CCCC12CCNC2. The van der Waals surface area contributed by atoms with Gasteiger partial charge in [-0.05, 0) is 25.8 Å². The zero-order valence-electron chi connectivity index (χ0n) is 6.56. The average Bonchev–Trinajstić information content (AvgIpc) is 2.48.